The number of hydrogen-bond donors (Lipinski definition) is 2. The molecule has 0 radical (unpaired) electrons. The van der Waals surface area contributed by atoms with Gasteiger partial charge in [0.05, 0.1) is 36.0 Å². The number of amides is 1. The Labute approximate surface area is 180 Å². The van der Waals surface area contributed by atoms with Crippen LogP contribution in [0.3, 0.4) is 0 Å². The summed E-state index contributed by atoms with van der Waals surface area (Å²) in [7, 11) is 0. The number of fused-ring (bicyclic) bond motifs is 2. The van der Waals surface area contributed by atoms with Crippen molar-refractivity contribution in [1.29, 1.82) is 0 Å². The van der Waals surface area contributed by atoms with Crippen LogP contribution >= 0.6 is 11.8 Å². The van der Waals surface area contributed by atoms with Crippen molar-refractivity contribution in [3.8, 4) is 11.5 Å². The van der Waals surface area contributed by atoms with E-state index in [0.29, 0.717) is 19.0 Å². The van der Waals surface area contributed by atoms with Crippen molar-refractivity contribution >= 4 is 28.7 Å². The molecule has 6 nitrogen and oxygen atoms in total. The van der Waals surface area contributed by atoms with E-state index in [1.165, 1.54) is 17.3 Å². The van der Waals surface area contributed by atoms with Crippen molar-refractivity contribution in [2.24, 2.45) is 5.92 Å². The highest BCUT2D eigenvalue weighted by Gasteiger charge is 2.21. The Morgan fingerprint density at radius 3 is 2.77 bits per heavy atom. The minimum Gasteiger partial charge on any atom is -0.490 e. The minimum atomic E-state index is -0.103. The van der Waals surface area contributed by atoms with Crippen molar-refractivity contribution in [2.75, 3.05) is 19.0 Å². The molecule has 2 aromatic carbocycles. The summed E-state index contributed by atoms with van der Waals surface area (Å²) < 4.78 is 11.5. The van der Waals surface area contributed by atoms with Gasteiger partial charge in [0.25, 0.3) is 0 Å². The van der Waals surface area contributed by atoms with E-state index < -0.39 is 0 Å². The number of thioether (sulfide) groups is 1. The number of aromatic amines is 1. The lowest BCUT2D eigenvalue weighted by Crippen LogP contribution is -2.33. The standard InChI is InChI=1S/C23H27N3O3S/c1-14(2)22(16-6-8-19-20(12-16)29-10-4-9-28-19)26-21(27)13-30-23-24-17-7-5-15(3)11-18(17)25-23/h5-8,11-12,14,22H,4,9-10,13H2,1-3H3,(H,24,25)(H,26,27). The van der Waals surface area contributed by atoms with Crippen molar-refractivity contribution in [3.05, 3.63) is 47.5 Å². The summed E-state index contributed by atoms with van der Waals surface area (Å²) in [6.07, 6.45) is 0.868. The number of benzene rings is 2. The molecule has 3 aromatic rings. The van der Waals surface area contributed by atoms with Crippen LogP contribution in [0.25, 0.3) is 11.0 Å². The molecule has 2 heterocycles. The Bertz CT molecular complexity index is 1050. The first-order valence-corrected chi connectivity index (χ1v) is 11.3. The fourth-order valence-electron chi connectivity index (χ4n) is 3.53. The molecule has 1 aliphatic heterocycles. The van der Waals surface area contributed by atoms with E-state index in [0.717, 1.165) is 39.7 Å². The number of ether oxygens (including phenoxy) is 2. The normalized spacial score (nSPS) is 14.5. The number of carbonyl (C=O) groups is 1. The average molecular weight is 426 g/mol. The second kappa shape index (κ2) is 9.00. The molecule has 7 heteroatoms. The highest BCUT2D eigenvalue weighted by molar-refractivity contribution is 7.99. The van der Waals surface area contributed by atoms with Gasteiger partial charge in [0.1, 0.15) is 0 Å². The topological polar surface area (TPSA) is 76.2 Å². The molecule has 0 spiro atoms. The molecule has 1 aliphatic rings. The molecule has 158 valence electrons. The van der Waals surface area contributed by atoms with Crippen LogP contribution in [0.5, 0.6) is 11.5 Å². The molecule has 1 unspecified atom stereocenters. The van der Waals surface area contributed by atoms with E-state index in [1.54, 1.807) is 0 Å². The molecule has 0 aliphatic carbocycles. The van der Waals surface area contributed by atoms with Crippen LogP contribution in [0.2, 0.25) is 0 Å². The number of nitrogens with zero attached hydrogens (tertiary/aromatic N) is 1. The van der Waals surface area contributed by atoms with Gasteiger partial charge in [0.15, 0.2) is 16.7 Å². The predicted octanol–water partition coefficient (Wildman–Crippen LogP) is 4.64. The van der Waals surface area contributed by atoms with E-state index in [1.807, 2.05) is 37.3 Å². The van der Waals surface area contributed by atoms with E-state index >= 15 is 0 Å². The number of imidazole rings is 1. The van der Waals surface area contributed by atoms with Crippen molar-refractivity contribution in [1.82, 2.24) is 15.3 Å². The van der Waals surface area contributed by atoms with Gasteiger partial charge in [-0.1, -0.05) is 37.7 Å². The van der Waals surface area contributed by atoms with E-state index in [9.17, 15) is 4.79 Å². The van der Waals surface area contributed by atoms with Gasteiger partial charge in [-0.15, -0.1) is 0 Å². The first kappa shape index (κ1) is 20.6. The van der Waals surface area contributed by atoms with Gasteiger partial charge in [-0.25, -0.2) is 4.98 Å². The lowest BCUT2D eigenvalue weighted by atomic mass is 9.95. The molecule has 0 saturated carbocycles. The maximum absolute atomic E-state index is 12.7. The Hall–Kier alpha value is -2.67. The number of nitrogens with one attached hydrogen (secondary N) is 2. The zero-order valence-electron chi connectivity index (χ0n) is 17.5. The molecule has 4 rings (SSSR count). The third-order valence-electron chi connectivity index (χ3n) is 5.07. The van der Waals surface area contributed by atoms with Crippen LogP contribution in [0.4, 0.5) is 0 Å². The van der Waals surface area contributed by atoms with Gasteiger partial charge in [-0.05, 0) is 48.2 Å². The van der Waals surface area contributed by atoms with Crippen LogP contribution in [-0.2, 0) is 4.79 Å². The average Bonchev–Trinajstić information content (AvgIpc) is 2.97. The van der Waals surface area contributed by atoms with E-state index in [-0.39, 0.29) is 17.9 Å². The lowest BCUT2D eigenvalue weighted by molar-refractivity contribution is -0.119. The zero-order valence-corrected chi connectivity index (χ0v) is 18.3. The van der Waals surface area contributed by atoms with Crippen molar-refractivity contribution < 1.29 is 14.3 Å². The first-order chi connectivity index (χ1) is 14.5. The van der Waals surface area contributed by atoms with Gasteiger partial charge < -0.3 is 19.8 Å². The number of carbonyl (C=O) groups excluding carboxylic acids is 1. The maximum atomic E-state index is 12.7. The fraction of sp³-hybridized carbons (Fsp3) is 0.391. The summed E-state index contributed by atoms with van der Waals surface area (Å²) in [5, 5.41) is 3.92. The largest absolute Gasteiger partial charge is 0.490 e. The molecule has 0 saturated heterocycles. The molecular formula is C23H27N3O3S. The summed E-state index contributed by atoms with van der Waals surface area (Å²) in [5.41, 5.74) is 4.10. The molecular weight excluding hydrogens is 398 g/mol. The molecule has 2 N–H and O–H groups in total. The van der Waals surface area contributed by atoms with Gasteiger partial charge >= 0.3 is 0 Å². The Balaban J connectivity index is 1.42. The molecule has 0 bridgehead atoms. The smallest absolute Gasteiger partial charge is 0.230 e. The third-order valence-corrected chi connectivity index (χ3v) is 5.94. The molecule has 1 atom stereocenters. The number of aryl methyl sites for hydroxylation is 1. The lowest BCUT2D eigenvalue weighted by Gasteiger charge is -2.23. The zero-order chi connectivity index (χ0) is 21.1. The second-order valence-corrected chi connectivity index (χ2v) is 8.86. The summed E-state index contributed by atoms with van der Waals surface area (Å²) in [6.45, 7) is 7.55. The summed E-state index contributed by atoms with van der Waals surface area (Å²) >= 11 is 1.41. The summed E-state index contributed by atoms with van der Waals surface area (Å²) in [5.74, 6) is 2.02. The number of H-pyrrole nitrogens is 1. The van der Waals surface area contributed by atoms with Gasteiger partial charge in [0, 0.05) is 6.42 Å². The number of aromatic nitrogens is 2. The third kappa shape index (κ3) is 4.73. The second-order valence-electron chi connectivity index (χ2n) is 7.90. The van der Waals surface area contributed by atoms with Crippen LogP contribution in [0.15, 0.2) is 41.6 Å². The predicted molar refractivity (Wildman–Crippen MR) is 119 cm³/mol. The van der Waals surface area contributed by atoms with Gasteiger partial charge in [-0.3, -0.25) is 4.79 Å². The van der Waals surface area contributed by atoms with Gasteiger partial charge in [-0.2, -0.15) is 0 Å². The molecule has 1 aromatic heterocycles. The SMILES string of the molecule is Cc1ccc2nc(SCC(=O)NC(c3ccc4c(c3)OCCCO4)C(C)C)[nH]c2c1. The Morgan fingerprint density at radius 1 is 1.17 bits per heavy atom. The monoisotopic (exact) mass is 425 g/mol. The fourth-order valence-corrected chi connectivity index (χ4v) is 4.22. The maximum Gasteiger partial charge on any atom is 0.230 e. The van der Waals surface area contributed by atoms with Gasteiger partial charge in [0.2, 0.25) is 5.91 Å². The molecule has 0 fully saturated rings. The van der Waals surface area contributed by atoms with Crippen molar-refractivity contribution in [3.63, 3.8) is 0 Å². The summed E-state index contributed by atoms with van der Waals surface area (Å²) in [6, 6.07) is 11.9. The van der Waals surface area contributed by atoms with E-state index in [2.05, 4.69) is 35.2 Å². The molecule has 30 heavy (non-hydrogen) atoms. The quantitative estimate of drug-likeness (QED) is 0.563. The minimum absolute atomic E-state index is 0.0255. The summed E-state index contributed by atoms with van der Waals surface area (Å²) in [4.78, 5) is 20.5. The van der Waals surface area contributed by atoms with E-state index in [4.69, 9.17) is 9.47 Å². The van der Waals surface area contributed by atoms with Crippen LogP contribution in [-0.4, -0.2) is 34.8 Å². The highest BCUT2D eigenvalue weighted by Crippen LogP contribution is 2.34. The molecule has 1 amide bonds. The number of rotatable bonds is 6. The van der Waals surface area contributed by atoms with Crippen LogP contribution in [0.1, 0.15) is 37.4 Å². The first-order valence-electron chi connectivity index (χ1n) is 10.3. The number of hydrogen-bond acceptors (Lipinski definition) is 5. The highest BCUT2D eigenvalue weighted by atomic mass is 32.2. The van der Waals surface area contributed by atoms with Crippen LogP contribution < -0.4 is 14.8 Å². The Morgan fingerprint density at radius 2 is 1.97 bits per heavy atom. The van der Waals surface area contributed by atoms with Crippen molar-refractivity contribution in [2.45, 2.75) is 38.4 Å². The Kier molecular flexibility index (Phi) is 6.18. The van der Waals surface area contributed by atoms with Crippen LogP contribution in [0, 0.1) is 12.8 Å².